The van der Waals surface area contributed by atoms with Crippen LogP contribution < -0.4 is 5.32 Å². The van der Waals surface area contributed by atoms with E-state index in [-0.39, 0.29) is 5.54 Å². The minimum atomic E-state index is 0.145. The molecule has 0 heterocycles. The number of hydrogen-bond donors (Lipinski definition) is 1. The molecule has 0 saturated carbocycles. The maximum absolute atomic E-state index is 3.45. The van der Waals surface area contributed by atoms with Crippen LogP contribution in [0, 0.1) is 6.92 Å². The molecule has 14 heavy (non-hydrogen) atoms. The first-order valence-electron chi connectivity index (χ1n) is 5.33. The number of aryl methyl sites for hydroxylation is 1. The molecule has 0 spiro atoms. The molecule has 0 unspecified atom stereocenters. The van der Waals surface area contributed by atoms with Crippen molar-refractivity contribution in [3.05, 3.63) is 29.8 Å². The van der Waals surface area contributed by atoms with Crippen molar-refractivity contribution in [2.45, 2.75) is 47.1 Å². The Balaban J connectivity index is 0.000000791. The van der Waals surface area contributed by atoms with Crippen molar-refractivity contribution in [3.63, 3.8) is 0 Å². The second-order valence-corrected chi connectivity index (χ2v) is 4.19. The molecule has 0 aliphatic heterocycles. The molecule has 0 saturated heterocycles. The third-order valence-corrected chi connectivity index (χ3v) is 1.65. The zero-order valence-electron chi connectivity index (χ0n) is 10.3. The van der Waals surface area contributed by atoms with E-state index in [4.69, 9.17) is 0 Å². The van der Waals surface area contributed by atoms with E-state index in [0.717, 1.165) is 0 Å². The summed E-state index contributed by atoms with van der Waals surface area (Å²) in [5.74, 6) is 0. The van der Waals surface area contributed by atoms with E-state index < -0.39 is 0 Å². The van der Waals surface area contributed by atoms with Crippen LogP contribution in [0.1, 0.15) is 40.2 Å². The summed E-state index contributed by atoms with van der Waals surface area (Å²) in [6.45, 7) is 12.6. The Bertz CT molecular complexity index is 258. The van der Waals surface area contributed by atoms with Gasteiger partial charge in [0.05, 0.1) is 0 Å². The molecule has 0 atom stereocenters. The minimum Gasteiger partial charge on any atom is -0.380 e. The third-order valence-electron chi connectivity index (χ3n) is 1.65. The summed E-state index contributed by atoms with van der Waals surface area (Å²) in [5.41, 5.74) is 2.67. The van der Waals surface area contributed by atoms with Gasteiger partial charge < -0.3 is 5.32 Å². The highest BCUT2D eigenvalue weighted by molar-refractivity contribution is 5.51. The summed E-state index contributed by atoms with van der Waals surface area (Å²) in [6.07, 6.45) is 0. The molecule has 0 aliphatic rings. The molecule has 0 aromatic heterocycles. The highest BCUT2D eigenvalue weighted by atomic mass is 14.9. The fraction of sp³-hybridized carbons (Fsp3) is 0.538. The summed E-state index contributed by atoms with van der Waals surface area (Å²) < 4.78 is 0. The van der Waals surface area contributed by atoms with Gasteiger partial charge in [-0.25, -0.2) is 0 Å². The number of benzene rings is 1. The third kappa shape index (κ3) is 4.90. The van der Waals surface area contributed by atoms with E-state index >= 15 is 0 Å². The number of hydrogen-bond acceptors (Lipinski definition) is 1. The molecule has 0 aliphatic carbocycles. The van der Waals surface area contributed by atoms with Gasteiger partial charge in [-0.15, -0.1) is 0 Å². The molecule has 80 valence electrons. The number of nitrogens with one attached hydrogen (secondary N) is 1. The zero-order chi connectivity index (χ0) is 11.2. The Labute approximate surface area is 88.5 Å². The summed E-state index contributed by atoms with van der Waals surface area (Å²) in [6, 6.07) is 8.35. The van der Waals surface area contributed by atoms with Crippen molar-refractivity contribution >= 4 is 5.69 Å². The quantitative estimate of drug-likeness (QED) is 0.703. The molecule has 1 aromatic carbocycles. The lowest BCUT2D eigenvalue weighted by molar-refractivity contribution is 0.633. The van der Waals surface area contributed by atoms with Crippen LogP contribution in [-0.2, 0) is 0 Å². The maximum Gasteiger partial charge on any atom is 0.0373 e. The van der Waals surface area contributed by atoms with E-state index in [1.54, 1.807) is 0 Å². The van der Waals surface area contributed by atoms with Crippen molar-refractivity contribution in [1.82, 2.24) is 0 Å². The molecule has 0 amide bonds. The number of rotatable bonds is 1. The highest BCUT2D eigenvalue weighted by Gasteiger charge is 2.09. The van der Waals surface area contributed by atoms with Gasteiger partial charge in [0.1, 0.15) is 0 Å². The van der Waals surface area contributed by atoms with Gasteiger partial charge in [0.25, 0.3) is 0 Å². The van der Waals surface area contributed by atoms with Gasteiger partial charge in [0, 0.05) is 11.2 Å². The van der Waals surface area contributed by atoms with Crippen molar-refractivity contribution in [3.8, 4) is 0 Å². The number of anilines is 1. The van der Waals surface area contributed by atoms with Crippen LogP contribution in [0.5, 0.6) is 0 Å². The van der Waals surface area contributed by atoms with Gasteiger partial charge in [0.2, 0.25) is 0 Å². The second kappa shape index (κ2) is 5.69. The zero-order valence-corrected chi connectivity index (χ0v) is 10.3. The molecule has 1 nitrogen and oxygen atoms in total. The van der Waals surface area contributed by atoms with Crippen LogP contribution in [0.3, 0.4) is 0 Å². The topological polar surface area (TPSA) is 12.0 Å². The Hall–Kier alpha value is -0.980. The Morgan fingerprint density at radius 1 is 1.00 bits per heavy atom. The van der Waals surface area contributed by atoms with E-state index in [9.17, 15) is 0 Å². The molecule has 1 aromatic rings. The average Bonchev–Trinajstić information content (AvgIpc) is 2.10. The van der Waals surface area contributed by atoms with Crippen molar-refractivity contribution in [1.29, 1.82) is 0 Å². The van der Waals surface area contributed by atoms with E-state index in [1.807, 2.05) is 13.8 Å². The van der Waals surface area contributed by atoms with Crippen LogP contribution >= 0.6 is 0 Å². The van der Waals surface area contributed by atoms with Crippen LogP contribution in [0.25, 0.3) is 0 Å². The lowest BCUT2D eigenvalue weighted by Crippen LogP contribution is -2.26. The van der Waals surface area contributed by atoms with Gasteiger partial charge in [0.15, 0.2) is 0 Å². The molecule has 1 N–H and O–H groups in total. The van der Waals surface area contributed by atoms with Gasteiger partial charge in [-0.3, -0.25) is 0 Å². The first-order valence-corrected chi connectivity index (χ1v) is 5.33. The maximum atomic E-state index is 3.45. The van der Waals surface area contributed by atoms with Crippen molar-refractivity contribution in [2.75, 3.05) is 5.32 Å². The minimum absolute atomic E-state index is 0.145. The summed E-state index contributed by atoms with van der Waals surface area (Å²) in [5, 5.41) is 3.45. The first-order chi connectivity index (χ1) is 6.49. The number of para-hydroxylation sites is 1. The molecular formula is C13H23N. The fourth-order valence-electron chi connectivity index (χ4n) is 1.12. The lowest BCUT2D eigenvalue weighted by Gasteiger charge is -2.23. The molecule has 0 radical (unpaired) electrons. The highest BCUT2D eigenvalue weighted by Crippen LogP contribution is 2.18. The predicted molar refractivity (Wildman–Crippen MR) is 65.9 cm³/mol. The van der Waals surface area contributed by atoms with E-state index in [2.05, 4.69) is 57.3 Å². The molecule has 0 fully saturated rings. The SMILES string of the molecule is CC.Cc1ccccc1NC(C)(C)C. The summed E-state index contributed by atoms with van der Waals surface area (Å²) >= 11 is 0. The van der Waals surface area contributed by atoms with Crippen LogP contribution in [-0.4, -0.2) is 5.54 Å². The van der Waals surface area contributed by atoms with Crippen LogP contribution in [0.2, 0.25) is 0 Å². The lowest BCUT2D eigenvalue weighted by atomic mass is 10.1. The molecular weight excluding hydrogens is 170 g/mol. The van der Waals surface area contributed by atoms with Crippen molar-refractivity contribution in [2.24, 2.45) is 0 Å². The Kier molecular flexibility index (Phi) is 5.29. The predicted octanol–water partition coefficient (Wildman–Crippen LogP) is 4.23. The fourth-order valence-corrected chi connectivity index (χ4v) is 1.12. The van der Waals surface area contributed by atoms with Crippen molar-refractivity contribution < 1.29 is 0 Å². The summed E-state index contributed by atoms with van der Waals surface area (Å²) in [7, 11) is 0. The van der Waals surface area contributed by atoms with E-state index in [1.165, 1.54) is 11.3 Å². The van der Waals surface area contributed by atoms with E-state index in [0.29, 0.717) is 0 Å². The monoisotopic (exact) mass is 193 g/mol. The smallest absolute Gasteiger partial charge is 0.0373 e. The molecule has 0 bridgehead atoms. The Morgan fingerprint density at radius 2 is 1.50 bits per heavy atom. The molecule has 1 heteroatoms. The second-order valence-electron chi connectivity index (χ2n) is 4.19. The largest absolute Gasteiger partial charge is 0.380 e. The Morgan fingerprint density at radius 3 is 1.93 bits per heavy atom. The average molecular weight is 193 g/mol. The summed E-state index contributed by atoms with van der Waals surface area (Å²) in [4.78, 5) is 0. The van der Waals surface area contributed by atoms with Gasteiger partial charge in [-0.05, 0) is 39.3 Å². The van der Waals surface area contributed by atoms with Gasteiger partial charge in [-0.2, -0.15) is 0 Å². The van der Waals surface area contributed by atoms with Gasteiger partial charge in [-0.1, -0.05) is 32.0 Å². The normalized spacial score (nSPS) is 10.1. The van der Waals surface area contributed by atoms with Gasteiger partial charge >= 0.3 is 0 Å². The standard InChI is InChI=1S/C11H17N.C2H6/c1-9-7-5-6-8-10(9)12-11(2,3)4;1-2/h5-8,12H,1-4H3;1-2H3. The first kappa shape index (κ1) is 13.0. The van der Waals surface area contributed by atoms with Crippen LogP contribution in [0.4, 0.5) is 5.69 Å². The van der Waals surface area contributed by atoms with Crippen LogP contribution in [0.15, 0.2) is 24.3 Å². The molecule has 1 rings (SSSR count).